The van der Waals surface area contributed by atoms with E-state index in [1.807, 2.05) is 24.3 Å². The second kappa shape index (κ2) is 17.8. The molecule has 0 saturated heterocycles. The van der Waals surface area contributed by atoms with Crippen LogP contribution in [0, 0.1) is 55.4 Å². The normalized spacial score (nSPS) is 11.8. The van der Waals surface area contributed by atoms with E-state index in [1.165, 1.54) is 22.3 Å². The number of carbonyl (C=O) groups is 1. The van der Waals surface area contributed by atoms with Crippen LogP contribution in [0.5, 0.6) is 0 Å². The van der Waals surface area contributed by atoms with Gasteiger partial charge in [-0.3, -0.25) is 0 Å². The number of benzene rings is 5. The van der Waals surface area contributed by atoms with E-state index in [2.05, 4.69) is 170 Å². The van der Waals surface area contributed by atoms with E-state index in [-0.39, 0.29) is 25.0 Å². The Hall–Kier alpha value is -7.41. The number of nitrogens with zero attached hydrogens (tertiary/aromatic N) is 5. The second-order valence-corrected chi connectivity index (χ2v) is 17.8. The van der Waals surface area contributed by atoms with Crippen molar-refractivity contribution in [3.05, 3.63) is 194 Å². The molecule has 67 heavy (non-hydrogen) atoms. The first-order valence-corrected chi connectivity index (χ1v) is 22.3. The Kier molecular flexibility index (Phi) is 11.9. The standard InChI is InChI=1S/C59H50N5O2.Zn/c1-33-9-17-43(18-10-33)64(44-19-11-34(2)12-20-44)58-51-27-25-49(62-51)56(53-37(5)29-35(3)30-38(53)6)47-23-21-45(60-47)55(41-13-15-42(16-14-41)59(65)66)46-22-24-48(61-46)57(50-26-28-52(58)63-50)54-39(7)31-36(4)32-40(54)8;/h9-32H,1-8H3,(H2-,60,61,62,63,65,66);/q-1;+2/p-1. The first-order chi connectivity index (χ1) is 31.8. The quantitative estimate of drug-likeness (QED) is 0.159. The van der Waals surface area contributed by atoms with Crippen LogP contribution in [-0.2, 0) is 19.5 Å². The molecular weight excluding hydrogens is 876 g/mol. The number of aromatic carboxylic acids is 1. The first kappa shape index (κ1) is 44.8. The molecule has 0 radical (unpaired) electrons. The number of carboxylic acids is 1. The molecule has 0 spiro atoms. The Morgan fingerprint density at radius 1 is 0.433 bits per heavy atom. The SMILES string of the molecule is Cc1ccc(N(c2ccc(C)cc2)c2c3nc(c(-c4c(C)cc(C)cc4C)c4ccc([n-]4)c(-c4ccc(C(=O)O)cc4)c4nc(c(-c5c(C)cc(C)cc5C)c5ccc2[n-]5)C=C4)C=C3)cc1.[Zn+2]. The Labute approximate surface area is 404 Å². The van der Waals surface area contributed by atoms with Gasteiger partial charge in [0.25, 0.3) is 0 Å². The fourth-order valence-corrected chi connectivity index (χ4v) is 9.83. The zero-order chi connectivity index (χ0) is 46.0. The van der Waals surface area contributed by atoms with Gasteiger partial charge in [0.05, 0.1) is 34.0 Å². The number of fused-ring (bicyclic) bond motifs is 8. The van der Waals surface area contributed by atoms with E-state index >= 15 is 0 Å². The summed E-state index contributed by atoms with van der Waals surface area (Å²) < 4.78 is 0. The molecule has 324 valence electrons. The van der Waals surface area contributed by atoms with Gasteiger partial charge in [-0.15, -0.1) is 22.1 Å². The van der Waals surface area contributed by atoms with Crippen LogP contribution in [0.2, 0.25) is 0 Å². The smallest absolute Gasteiger partial charge is 0.657 e. The predicted octanol–water partition coefficient (Wildman–Crippen LogP) is 14.5. The third-order valence-corrected chi connectivity index (χ3v) is 12.7. The van der Waals surface area contributed by atoms with Crippen molar-refractivity contribution in [1.82, 2.24) is 19.9 Å². The molecule has 0 saturated carbocycles. The van der Waals surface area contributed by atoms with Crippen LogP contribution < -0.4 is 14.9 Å². The van der Waals surface area contributed by atoms with E-state index in [0.717, 1.165) is 106 Å². The van der Waals surface area contributed by atoms with Gasteiger partial charge in [-0.25, -0.2) is 14.8 Å². The van der Waals surface area contributed by atoms with E-state index in [9.17, 15) is 9.90 Å². The molecule has 0 atom stereocenters. The Balaban J connectivity index is 0.00000562. The maximum Gasteiger partial charge on any atom is 2.00 e. The van der Waals surface area contributed by atoms with E-state index in [1.54, 1.807) is 12.1 Å². The van der Waals surface area contributed by atoms with Crippen LogP contribution in [0.4, 0.5) is 17.1 Å². The summed E-state index contributed by atoms with van der Waals surface area (Å²) >= 11 is 0. The molecular formula is C59H49N5O2Zn. The topological polar surface area (TPSA) is 94.5 Å². The average molecular weight is 925 g/mol. The monoisotopic (exact) mass is 923 g/mol. The first-order valence-electron chi connectivity index (χ1n) is 22.3. The summed E-state index contributed by atoms with van der Waals surface area (Å²) in [6.07, 6.45) is 8.34. The van der Waals surface area contributed by atoms with Crippen LogP contribution in [0.15, 0.2) is 121 Å². The largest absolute Gasteiger partial charge is 2.00 e. The predicted molar refractivity (Wildman–Crippen MR) is 273 cm³/mol. The molecule has 2 aliphatic rings. The van der Waals surface area contributed by atoms with Gasteiger partial charge in [0.1, 0.15) is 0 Å². The van der Waals surface area contributed by atoms with Crippen molar-refractivity contribution in [2.75, 3.05) is 4.90 Å². The van der Waals surface area contributed by atoms with Crippen LogP contribution >= 0.6 is 0 Å². The summed E-state index contributed by atoms with van der Waals surface area (Å²) in [6.45, 7) is 17.1. The molecule has 1 N–H and O–H groups in total. The van der Waals surface area contributed by atoms with Gasteiger partial charge >= 0.3 is 25.4 Å². The molecule has 10 rings (SSSR count). The van der Waals surface area contributed by atoms with Crippen molar-refractivity contribution in [2.45, 2.75) is 55.4 Å². The number of rotatable bonds is 7. The molecule has 5 heterocycles. The molecule has 7 nitrogen and oxygen atoms in total. The van der Waals surface area contributed by atoms with Crippen molar-refractivity contribution >= 4 is 69.4 Å². The van der Waals surface area contributed by atoms with Gasteiger partial charge in [0, 0.05) is 11.4 Å². The summed E-state index contributed by atoms with van der Waals surface area (Å²) in [5.41, 5.74) is 23.8. The third kappa shape index (κ3) is 8.27. The zero-order valence-corrected chi connectivity index (χ0v) is 42.1. The molecule has 0 amide bonds. The van der Waals surface area contributed by atoms with Gasteiger partial charge in [-0.05, 0) is 172 Å². The van der Waals surface area contributed by atoms with Crippen LogP contribution in [0.3, 0.4) is 0 Å². The summed E-state index contributed by atoms with van der Waals surface area (Å²) in [6, 6.07) is 41.4. The molecule has 0 fully saturated rings. The number of aryl methyl sites for hydroxylation is 8. The number of anilines is 3. The summed E-state index contributed by atoms with van der Waals surface area (Å²) in [5.74, 6) is -0.984. The molecule has 0 unspecified atom stereocenters. The van der Waals surface area contributed by atoms with Crippen LogP contribution in [-0.4, -0.2) is 21.0 Å². The fraction of sp³-hybridized carbons (Fsp3) is 0.136. The Morgan fingerprint density at radius 2 is 0.806 bits per heavy atom. The minimum Gasteiger partial charge on any atom is -0.657 e. The van der Waals surface area contributed by atoms with E-state index in [0.29, 0.717) is 11.2 Å². The minimum absolute atomic E-state index is 0. The molecule has 8 heteroatoms. The summed E-state index contributed by atoms with van der Waals surface area (Å²) in [5, 5.41) is 9.85. The number of aromatic nitrogens is 4. The average Bonchev–Trinajstić information content (AvgIpc) is 4.13. The fourth-order valence-electron chi connectivity index (χ4n) is 9.83. The Bertz CT molecular complexity index is 3370. The van der Waals surface area contributed by atoms with Crippen molar-refractivity contribution in [2.24, 2.45) is 0 Å². The maximum absolute atomic E-state index is 12.0. The maximum atomic E-state index is 12.0. The van der Waals surface area contributed by atoms with Crippen molar-refractivity contribution < 1.29 is 29.4 Å². The van der Waals surface area contributed by atoms with Crippen molar-refractivity contribution in [3.8, 4) is 33.4 Å². The van der Waals surface area contributed by atoms with E-state index < -0.39 is 5.97 Å². The van der Waals surface area contributed by atoms with E-state index in [4.69, 9.17) is 19.9 Å². The third-order valence-electron chi connectivity index (χ3n) is 12.7. The van der Waals surface area contributed by atoms with Crippen LogP contribution in [0.1, 0.15) is 77.6 Å². The molecule has 8 aromatic rings. The molecule has 3 aromatic heterocycles. The van der Waals surface area contributed by atoms with Crippen LogP contribution in [0.25, 0.3) is 79.8 Å². The van der Waals surface area contributed by atoms with Crippen molar-refractivity contribution in [3.63, 3.8) is 0 Å². The molecule has 0 aliphatic carbocycles. The number of carboxylic acid groups (broad SMARTS) is 1. The zero-order valence-electron chi connectivity index (χ0n) is 39.2. The summed E-state index contributed by atoms with van der Waals surface area (Å²) in [7, 11) is 0. The number of hydrogen-bond acceptors (Lipinski definition) is 4. The van der Waals surface area contributed by atoms with Gasteiger partial charge in [-0.2, -0.15) is 0 Å². The van der Waals surface area contributed by atoms with Gasteiger partial charge < -0.3 is 20.0 Å². The number of hydrogen-bond donors (Lipinski definition) is 1. The minimum atomic E-state index is -0.984. The van der Waals surface area contributed by atoms with Gasteiger partial charge in [0.15, 0.2) is 0 Å². The van der Waals surface area contributed by atoms with Gasteiger partial charge in [-0.1, -0.05) is 107 Å². The second-order valence-electron chi connectivity index (χ2n) is 17.8. The summed E-state index contributed by atoms with van der Waals surface area (Å²) in [4.78, 5) is 36.5. The molecule has 2 aliphatic heterocycles. The van der Waals surface area contributed by atoms with Crippen molar-refractivity contribution in [1.29, 1.82) is 0 Å². The molecule has 5 aromatic carbocycles. The molecule has 8 bridgehead atoms. The van der Waals surface area contributed by atoms with Gasteiger partial charge in [0.2, 0.25) is 0 Å². The Morgan fingerprint density at radius 3 is 1.25 bits per heavy atom.